The number of benzene rings is 1. The molecule has 0 aliphatic carbocycles. The zero-order valence-corrected chi connectivity index (χ0v) is 14.7. The highest BCUT2D eigenvalue weighted by Gasteiger charge is 2.27. The van der Waals surface area contributed by atoms with Crippen LogP contribution in [0, 0.1) is 11.3 Å². The number of fused-ring (bicyclic) bond motifs is 1. The standard InChI is InChI=1S/C20H25N5/c21-13-16-7-3-4-8-17(16)14-24-11-6-9-18(15-24)20-23-22-19-10-2-1-5-12-25(19)20/h3-4,7-8,18H,1-2,5-6,9-12,14-15H2. The van der Waals surface area contributed by atoms with E-state index in [0.717, 1.165) is 43.7 Å². The maximum absolute atomic E-state index is 9.32. The van der Waals surface area contributed by atoms with Crippen LogP contribution >= 0.6 is 0 Å². The van der Waals surface area contributed by atoms with Crippen LogP contribution in [0.15, 0.2) is 24.3 Å². The zero-order valence-electron chi connectivity index (χ0n) is 14.7. The van der Waals surface area contributed by atoms with Crippen molar-refractivity contribution in [3.63, 3.8) is 0 Å². The molecule has 2 aliphatic rings. The van der Waals surface area contributed by atoms with Crippen molar-refractivity contribution in [3.05, 3.63) is 47.0 Å². The van der Waals surface area contributed by atoms with Gasteiger partial charge in [0.05, 0.1) is 11.6 Å². The first-order valence-corrected chi connectivity index (χ1v) is 9.47. The van der Waals surface area contributed by atoms with Crippen molar-refractivity contribution in [2.24, 2.45) is 0 Å². The lowest BCUT2D eigenvalue weighted by Gasteiger charge is -2.32. The molecule has 1 fully saturated rings. The van der Waals surface area contributed by atoms with Gasteiger partial charge in [-0.05, 0) is 43.9 Å². The number of aromatic nitrogens is 3. The summed E-state index contributed by atoms with van der Waals surface area (Å²) in [4.78, 5) is 2.47. The fourth-order valence-corrected chi connectivity index (χ4v) is 4.23. The van der Waals surface area contributed by atoms with Crippen LogP contribution < -0.4 is 0 Å². The van der Waals surface area contributed by atoms with E-state index >= 15 is 0 Å². The van der Waals surface area contributed by atoms with Crippen LogP contribution in [0.3, 0.4) is 0 Å². The van der Waals surface area contributed by atoms with Gasteiger partial charge in [0.1, 0.15) is 11.6 Å². The summed E-state index contributed by atoms with van der Waals surface area (Å²) in [5, 5.41) is 18.4. The molecule has 0 saturated carbocycles. The van der Waals surface area contributed by atoms with E-state index in [0.29, 0.717) is 5.92 Å². The molecule has 3 heterocycles. The lowest BCUT2D eigenvalue weighted by atomic mass is 9.96. The van der Waals surface area contributed by atoms with Crippen LogP contribution in [0.5, 0.6) is 0 Å². The summed E-state index contributed by atoms with van der Waals surface area (Å²) in [6.45, 7) is 4.03. The Labute approximate surface area is 149 Å². The first-order valence-electron chi connectivity index (χ1n) is 9.47. The van der Waals surface area contributed by atoms with Gasteiger partial charge in [0.2, 0.25) is 0 Å². The van der Waals surface area contributed by atoms with Crippen LogP contribution in [0.25, 0.3) is 0 Å². The molecule has 5 heteroatoms. The SMILES string of the molecule is N#Cc1ccccc1CN1CCCC(c2nnc3n2CCCCC3)C1. The van der Waals surface area contributed by atoms with Crippen molar-refractivity contribution < 1.29 is 0 Å². The third-order valence-corrected chi connectivity index (χ3v) is 5.54. The number of piperidine rings is 1. The molecule has 2 aliphatic heterocycles. The molecular formula is C20H25N5. The second kappa shape index (κ2) is 7.37. The number of nitrogens with zero attached hydrogens (tertiary/aromatic N) is 5. The predicted molar refractivity (Wildman–Crippen MR) is 96.0 cm³/mol. The van der Waals surface area contributed by atoms with Crippen molar-refractivity contribution in [3.8, 4) is 6.07 Å². The Morgan fingerprint density at radius 1 is 1.08 bits per heavy atom. The van der Waals surface area contributed by atoms with Gasteiger partial charge in [-0.3, -0.25) is 4.90 Å². The Kier molecular flexibility index (Phi) is 4.80. The molecule has 5 nitrogen and oxygen atoms in total. The van der Waals surface area contributed by atoms with Gasteiger partial charge in [-0.25, -0.2) is 0 Å². The summed E-state index contributed by atoms with van der Waals surface area (Å²) in [5.74, 6) is 2.83. The minimum atomic E-state index is 0.461. The van der Waals surface area contributed by atoms with Crippen LogP contribution in [0.4, 0.5) is 0 Å². The van der Waals surface area contributed by atoms with Crippen LogP contribution in [0.1, 0.15) is 60.8 Å². The number of hydrogen-bond donors (Lipinski definition) is 0. The Morgan fingerprint density at radius 3 is 2.92 bits per heavy atom. The minimum absolute atomic E-state index is 0.461. The van der Waals surface area contributed by atoms with Crippen LogP contribution in [-0.4, -0.2) is 32.8 Å². The van der Waals surface area contributed by atoms with Crippen LogP contribution in [-0.2, 0) is 19.5 Å². The Morgan fingerprint density at radius 2 is 2.00 bits per heavy atom. The van der Waals surface area contributed by atoms with E-state index in [2.05, 4.69) is 31.8 Å². The molecule has 130 valence electrons. The average molecular weight is 335 g/mol. The van der Waals surface area contributed by atoms with E-state index in [9.17, 15) is 5.26 Å². The highest BCUT2D eigenvalue weighted by Crippen LogP contribution is 2.29. The molecular weight excluding hydrogens is 310 g/mol. The average Bonchev–Trinajstić information content (AvgIpc) is 2.91. The second-order valence-corrected chi connectivity index (χ2v) is 7.28. The molecule has 1 saturated heterocycles. The summed E-state index contributed by atoms with van der Waals surface area (Å²) in [6.07, 6.45) is 7.21. The number of rotatable bonds is 3. The molecule has 1 aromatic carbocycles. The summed E-state index contributed by atoms with van der Waals surface area (Å²) >= 11 is 0. The zero-order chi connectivity index (χ0) is 17.1. The second-order valence-electron chi connectivity index (χ2n) is 7.28. The van der Waals surface area contributed by atoms with Gasteiger partial charge in [-0.2, -0.15) is 5.26 Å². The quantitative estimate of drug-likeness (QED) is 0.864. The molecule has 1 unspecified atom stereocenters. The highest BCUT2D eigenvalue weighted by atomic mass is 15.3. The van der Waals surface area contributed by atoms with E-state index < -0.39 is 0 Å². The maximum atomic E-state index is 9.32. The van der Waals surface area contributed by atoms with Gasteiger partial charge in [0.25, 0.3) is 0 Å². The molecule has 1 aromatic heterocycles. The predicted octanol–water partition coefficient (Wildman–Crippen LogP) is 3.26. The van der Waals surface area contributed by atoms with E-state index in [1.807, 2.05) is 18.2 Å². The summed E-state index contributed by atoms with van der Waals surface area (Å²) in [7, 11) is 0. The third kappa shape index (κ3) is 3.45. The van der Waals surface area contributed by atoms with Gasteiger partial charge in [0, 0.05) is 32.0 Å². The first-order chi connectivity index (χ1) is 12.3. The Bertz CT molecular complexity index is 773. The fourth-order valence-electron chi connectivity index (χ4n) is 4.23. The normalized spacial score (nSPS) is 21.3. The van der Waals surface area contributed by atoms with Crippen molar-refractivity contribution in [2.75, 3.05) is 13.1 Å². The maximum Gasteiger partial charge on any atom is 0.137 e. The summed E-state index contributed by atoms with van der Waals surface area (Å²) < 4.78 is 2.39. The van der Waals surface area contributed by atoms with Crippen molar-refractivity contribution in [1.29, 1.82) is 5.26 Å². The van der Waals surface area contributed by atoms with Crippen molar-refractivity contribution in [2.45, 2.75) is 57.5 Å². The van der Waals surface area contributed by atoms with Gasteiger partial charge in [0.15, 0.2) is 0 Å². The highest BCUT2D eigenvalue weighted by molar-refractivity contribution is 5.37. The van der Waals surface area contributed by atoms with E-state index in [-0.39, 0.29) is 0 Å². The number of nitriles is 1. The number of aryl methyl sites for hydroxylation is 1. The molecule has 0 radical (unpaired) electrons. The summed E-state index contributed by atoms with van der Waals surface area (Å²) in [5.41, 5.74) is 1.92. The topological polar surface area (TPSA) is 57.7 Å². The minimum Gasteiger partial charge on any atom is -0.315 e. The number of hydrogen-bond acceptors (Lipinski definition) is 4. The van der Waals surface area contributed by atoms with E-state index in [1.165, 1.54) is 43.8 Å². The molecule has 0 N–H and O–H groups in total. The Hall–Kier alpha value is -2.19. The lowest BCUT2D eigenvalue weighted by molar-refractivity contribution is 0.194. The van der Waals surface area contributed by atoms with E-state index in [4.69, 9.17) is 0 Å². The van der Waals surface area contributed by atoms with Gasteiger partial charge in [-0.15, -0.1) is 10.2 Å². The molecule has 1 atom stereocenters. The van der Waals surface area contributed by atoms with Crippen molar-refractivity contribution >= 4 is 0 Å². The molecule has 2 aromatic rings. The number of likely N-dealkylation sites (tertiary alicyclic amines) is 1. The van der Waals surface area contributed by atoms with Crippen molar-refractivity contribution in [1.82, 2.24) is 19.7 Å². The van der Waals surface area contributed by atoms with E-state index in [1.54, 1.807) is 0 Å². The third-order valence-electron chi connectivity index (χ3n) is 5.54. The molecule has 25 heavy (non-hydrogen) atoms. The molecule has 0 bridgehead atoms. The van der Waals surface area contributed by atoms with Gasteiger partial charge < -0.3 is 4.57 Å². The monoisotopic (exact) mass is 335 g/mol. The first kappa shape index (κ1) is 16.3. The van der Waals surface area contributed by atoms with Gasteiger partial charge in [-0.1, -0.05) is 24.6 Å². The molecule has 4 rings (SSSR count). The lowest BCUT2D eigenvalue weighted by Crippen LogP contribution is -2.35. The summed E-state index contributed by atoms with van der Waals surface area (Å²) in [6, 6.07) is 10.3. The Balaban J connectivity index is 1.50. The molecule has 0 spiro atoms. The van der Waals surface area contributed by atoms with Crippen LogP contribution in [0.2, 0.25) is 0 Å². The fraction of sp³-hybridized carbons (Fsp3) is 0.550. The largest absolute Gasteiger partial charge is 0.315 e. The van der Waals surface area contributed by atoms with Gasteiger partial charge >= 0.3 is 0 Å². The smallest absolute Gasteiger partial charge is 0.137 e. The molecule has 0 amide bonds.